The van der Waals surface area contributed by atoms with Gasteiger partial charge in [-0.05, 0) is 32.4 Å². The lowest BCUT2D eigenvalue weighted by Gasteiger charge is -2.27. The summed E-state index contributed by atoms with van der Waals surface area (Å²) in [7, 11) is 0. The summed E-state index contributed by atoms with van der Waals surface area (Å²) in [6.07, 6.45) is -1.58. The van der Waals surface area contributed by atoms with Gasteiger partial charge in [0, 0.05) is 30.3 Å². The zero-order chi connectivity index (χ0) is 16.9. The minimum Gasteiger partial charge on any atom is -0.468 e. The number of aromatic nitrogens is 1. The van der Waals surface area contributed by atoms with Crippen LogP contribution >= 0.6 is 12.4 Å². The number of piperidine rings is 1. The van der Waals surface area contributed by atoms with Crippen LogP contribution < -0.4 is 15.4 Å². The lowest BCUT2D eigenvalue weighted by molar-refractivity contribution is -0.154. The van der Waals surface area contributed by atoms with Gasteiger partial charge < -0.3 is 15.4 Å². The molecule has 1 saturated heterocycles. The number of hydrogen-bond acceptors (Lipinski definition) is 4. The number of alkyl halides is 3. The van der Waals surface area contributed by atoms with E-state index in [-0.39, 0.29) is 42.7 Å². The van der Waals surface area contributed by atoms with Crippen molar-refractivity contribution >= 4 is 18.3 Å². The zero-order valence-corrected chi connectivity index (χ0v) is 14.0. The van der Waals surface area contributed by atoms with E-state index in [0.29, 0.717) is 5.56 Å². The third kappa shape index (κ3) is 6.52. The summed E-state index contributed by atoms with van der Waals surface area (Å²) in [6.45, 7) is 1.49. The third-order valence-corrected chi connectivity index (χ3v) is 3.67. The van der Waals surface area contributed by atoms with Crippen molar-refractivity contribution in [1.82, 2.24) is 15.6 Å². The first-order valence-electron chi connectivity index (χ1n) is 7.49. The number of carbonyl (C=O) groups excluding carboxylic acids is 1. The van der Waals surface area contributed by atoms with Crippen LogP contribution in [0.5, 0.6) is 5.88 Å². The van der Waals surface area contributed by atoms with E-state index in [2.05, 4.69) is 15.6 Å². The van der Waals surface area contributed by atoms with Crippen molar-refractivity contribution in [2.75, 3.05) is 13.2 Å². The molecule has 0 spiro atoms. The summed E-state index contributed by atoms with van der Waals surface area (Å²) in [5, 5.41) is 6.02. The van der Waals surface area contributed by atoms with Crippen LogP contribution in [0, 0.1) is 5.92 Å². The number of nitrogens with zero attached hydrogens (tertiary/aromatic N) is 1. The van der Waals surface area contributed by atoms with Crippen molar-refractivity contribution in [2.45, 2.75) is 38.5 Å². The van der Waals surface area contributed by atoms with E-state index < -0.39 is 12.8 Å². The summed E-state index contributed by atoms with van der Waals surface area (Å²) >= 11 is 0. The van der Waals surface area contributed by atoms with E-state index in [1.165, 1.54) is 6.20 Å². The van der Waals surface area contributed by atoms with E-state index in [4.69, 9.17) is 4.74 Å². The maximum Gasteiger partial charge on any atom is 0.422 e. The first-order chi connectivity index (χ1) is 10.8. The molecule has 1 aromatic rings. The number of nitrogens with one attached hydrogen (secondary N) is 2. The number of hydrogen-bond donors (Lipinski definition) is 2. The van der Waals surface area contributed by atoms with Crippen LogP contribution in [-0.2, 0) is 11.3 Å². The number of rotatable bonds is 5. The molecule has 2 heterocycles. The van der Waals surface area contributed by atoms with Crippen molar-refractivity contribution in [3.8, 4) is 5.88 Å². The van der Waals surface area contributed by atoms with Crippen LogP contribution in [0.3, 0.4) is 0 Å². The Bertz CT molecular complexity index is 543. The lowest BCUT2D eigenvalue weighted by Crippen LogP contribution is -2.42. The molecule has 0 radical (unpaired) electrons. The number of pyridine rings is 1. The van der Waals surface area contributed by atoms with Crippen LogP contribution in [0.15, 0.2) is 18.3 Å². The summed E-state index contributed by atoms with van der Waals surface area (Å²) in [4.78, 5) is 16.0. The highest BCUT2D eigenvalue weighted by Gasteiger charge is 2.29. The molecule has 0 aliphatic carbocycles. The Morgan fingerprint density at radius 3 is 2.92 bits per heavy atom. The van der Waals surface area contributed by atoms with Gasteiger partial charge in [0.15, 0.2) is 6.61 Å². The topological polar surface area (TPSA) is 63.2 Å². The molecule has 2 N–H and O–H groups in total. The van der Waals surface area contributed by atoms with Gasteiger partial charge in [0.1, 0.15) is 0 Å². The van der Waals surface area contributed by atoms with Gasteiger partial charge in [-0.2, -0.15) is 13.2 Å². The number of halogens is 4. The highest BCUT2D eigenvalue weighted by Crippen LogP contribution is 2.20. The quantitative estimate of drug-likeness (QED) is 0.839. The second-order valence-electron chi connectivity index (χ2n) is 5.67. The molecule has 0 aromatic carbocycles. The van der Waals surface area contributed by atoms with Gasteiger partial charge in [-0.15, -0.1) is 12.4 Å². The van der Waals surface area contributed by atoms with Gasteiger partial charge in [-0.3, -0.25) is 4.79 Å². The van der Waals surface area contributed by atoms with Gasteiger partial charge in [-0.25, -0.2) is 4.98 Å². The third-order valence-electron chi connectivity index (χ3n) is 3.67. The molecule has 1 amide bonds. The molecule has 1 aliphatic heterocycles. The molecule has 1 aromatic heterocycles. The fourth-order valence-corrected chi connectivity index (χ4v) is 2.54. The molecule has 0 bridgehead atoms. The van der Waals surface area contributed by atoms with Crippen LogP contribution in [0.2, 0.25) is 0 Å². The summed E-state index contributed by atoms with van der Waals surface area (Å²) in [5.74, 6) is -0.282. The van der Waals surface area contributed by atoms with Gasteiger partial charge in [-0.1, -0.05) is 6.07 Å². The zero-order valence-electron chi connectivity index (χ0n) is 13.2. The predicted molar refractivity (Wildman–Crippen MR) is 85.1 cm³/mol. The van der Waals surface area contributed by atoms with Crippen molar-refractivity contribution in [3.05, 3.63) is 23.9 Å². The molecule has 2 atom stereocenters. The van der Waals surface area contributed by atoms with Crippen molar-refractivity contribution in [3.63, 3.8) is 0 Å². The molecule has 0 unspecified atom stereocenters. The van der Waals surface area contributed by atoms with Crippen LogP contribution in [0.4, 0.5) is 13.2 Å². The number of carbonyl (C=O) groups is 1. The largest absolute Gasteiger partial charge is 0.468 e. The average Bonchev–Trinajstić information content (AvgIpc) is 2.50. The summed E-state index contributed by atoms with van der Waals surface area (Å²) in [5.41, 5.74) is 0.423. The van der Waals surface area contributed by atoms with Crippen molar-refractivity contribution < 1.29 is 22.7 Å². The lowest BCUT2D eigenvalue weighted by atomic mass is 9.92. The first kappa shape index (κ1) is 20.5. The highest BCUT2D eigenvalue weighted by molar-refractivity contribution is 5.85. The molecular weight excluding hydrogens is 347 g/mol. The normalized spacial score (nSPS) is 20.8. The number of amides is 1. The van der Waals surface area contributed by atoms with E-state index in [9.17, 15) is 18.0 Å². The molecule has 9 heteroatoms. The van der Waals surface area contributed by atoms with Gasteiger partial charge in [0.05, 0.1) is 0 Å². The molecule has 5 nitrogen and oxygen atoms in total. The SMILES string of the molecule is C[C@H]1C[C@@H](C(=O)NCc2cccnc2OCC(F)(F)F)CCN1.Cl. The van der Waals surface area contributed by atoms with E-state index in [1.54, 1.807) is 12.1 Å². The summed E-state index contributed by atoms with van der Waals surface area (Å²) in [6, 6.07) is 3.46. The minimum atomic E-state index is -4.43. The van der Waals surface area contributed by atoms with E-state index in [0.717, 1.165) is 19.4 Å². The van der Waals surface area contributed by atoms with Crippen molar-refractivity contribution in [1.29, 1.82) is 0 Å². The Morgan fingerprint density at radius 2 is 2.25 bits per heavy atom. The fourth-order valence-electron chi connectivity index (χ4n) is 2.54. The van der Waals surface area contributed by atoms with Gasteiger partial charge in [0.2, 0.25) is 11.8 Å². The smallest absolute Gasteiger partial charge is 0.422 e. The molecule has 1 fully saturated rings. The molecule has 2 rings (SSSR count). The van der Waals surface area contributed by atoms with Crippen LogP contribution in [-0.4, -0.2) is 36.3 Å². The predicted octanol–water partition coefficient (Wildman–Crippen LogP) is 2.45. The van der Waals surface area contributed by atoms with E-state index in [1.807, 2.05) is 6.92 Å². The monoisotopic (exact) mass is 367 g/mol. The Balaban J connectivity index is 0.00000288. The molecule has 24 heavy (non-hydrogen) atoms. The maximum atomic E-state index is 12.2. The highest BCUT2D eigenvalue weighted by atomic mass is 35.5. The standard InChI is InChI=1S/C15H20F3N3O2.ClH/c1-10-7-11(4-6-19-10)13(22)21-8-12-3-2-5-20-14(12)23-9-15(16,17)18;/h2-3,5,10-11,19H,4,6-9H2,1H3,(H,21,22);1H/t10-,11-;/m0./s1. The first-order valence-corrected chi connectivity index (χ1v) is 7.49. The fraction of sp³-hybridized carbons (Fsp3) is 0.600. The molecule has 136 valence electrons. The van der Waals surface area contributed by atoms with Gasteiger partial charge in [0.25, 0.3) is 0 Å². The van der Waals surface area contributed by atoms with Crippen LogP contribution in [0.1, 0.15) is 25.3 Å². The second-order valence-corrected chi connectivity index (χ2v) is 5.67. The Morgan fingerprint density at radius 1 is 1.50 bits per heavy atom. The minimum absolute atomic E-state index is 0. The Labute approximate surface area is 144 Å². The van der Waals surface area contributed by atoms with E-state index >= 15 is 0 Å². The molecule has 1 aliphatic rings. The van der Waals surface area contributed by atoms with Crippen LogP contribution in [0.25, 0.3) is 0 Å². The molecule has 0 saturated carbocycles. The Hall–Kier alpha value is -1.54. The average molecular weight is 368 g/mol. The second kappa shape index (κ2) is 9.08. The Kier molecular flexibility index (Phi) is 7.75. The number of ether oxygens (including phenoxy) is 1. The molecular formula is C15H21ClF3N3O2. The maximum absolute atomic E-state index is 12.2. The van der Waals surface area contributed by atoms with Gasteiger partial charge >= 0.3 is 6.18 Å². The van der Waals surface area contributed by atoms with Crippen molar-refractivity contribution in [2.24, 2.45) is 5.92 Å². The summed E-state index contributed by atoms with van der Waals surface area (Å²) < 4.78 is 41.4.